The Morgan fingerprint density at radius 3 is 2.35 bits per heavy atom. The standard InChI is InChI=1S/C14H22N5O/c1-2-15-14(16-3-1)19-8-6-17(7-9-19)4-5-18-10-12-20-13-11-18/h1-2H,4-13H2. The Morgan fingerprint density at radius 1 is 1.00 bits per heavy atom. The van der Waals surface area contributed by atoms with Gasteiger partial charge in [-0.05, 0) is 6.07 Å². The maximum atomic E-state index is 5.38. The summed E-state index contributed by atoms with van der Waals surface area (Å²) < 4.78 is 5.38. The highest BCUT2D eigenvalue weighted by Crippen LogP contribution is 2.09. The fourth-order valence-electron chi connectivity index (χ4n) is 2.69. The molecule has 1 aromatic rings. The summed E-state index contributed by atoms with van der Waals surface area (Å²) in [6.07, 6.45) is 4.61. The minimum Gasteiger partial charge on any atom is -0.379 e. The molecule has 6 nitrogen and oxygen atoms in total. The van der Waals surface area contributed by atoms with Gasteiger partial charge in [0.1, 0.15) is 0 Å². The lowest BCUT2D eigenvalue weighted by atomic mass is 10.3. The number of morpholine rings is 1. The van der Waals surface area contributed by atoms with Crippen LogP contribution in [0.25, 0.3) is 0 Å². The minimum atomic E-state index is 0.806. The molecular formula is C14H22N5O. The average Bonchev–Trinajstić information content (AvgIpc) is 2.55. The first kappa shape index (κ1) is 13.7. The molecule has 109 valence electrons. The molecule has 3 heterocycles. The predicted molar refractivity (Wildman–Crippen MR) is 76.8 cm³/mol. The van der Waals surface area contributed by atoms with Crippen molar-refractivity contribution in [1.29, 1.82) is 0 Å². The maximum absolute atomic E-state index is 5.38. The topological polar surface area (TPSA) is 44.7 Å². The van der Waals surface area contributed by atoms with Crippen LogP contribution in [0.4, 0.5) is 5.95 Å². The van der Waals surface area contributed by atoms with Crippen LogP contribution in [0.1, 0.15) is 0 Å². The monoisotopic (exact) mass is 276 g/mol. The molecule has 0 atom stereocenters. The third-order valence-corrected chi connectivity index (χ3v) is 3.99. The van der Waals surface area contributed by atoms with Gasteiger partial charge in [0.25, 0.3) is 0 Å². The van der Waals surface area contributed by atoms with Gasteiger partial charge in [0.2, 0.25) is 5.95 Å². The fraction of sp³-hybridized carbons (Fsp3) is 0.714. The van der Waals surface area contributed by atoms with Gasteiger partial charge in [-0.15, -0.1) is 0 Å². The van der Waals surface area contributed by atoms with Gasteiger partial charge in [-0.3, -0.25) is 9.80 Å². The molecule has 20 heavy (non-hydrogen) atoms. The summed E-state index contributed by atoms with van der Waals surface area (Å²) in [6, 6.07) is 1.74. The van der Waals surface area contributed by atoms with Crippen LogP contribution in [0.2, 0.25) is 0 Å². The molecule has 0 saturated carbocycles. The van der Waals surface area contributed by atoms with Gasteiger partial charge >= 0.3 is 0 Å². The number of hydrogen-bond acceptors (Lipinski definition) is 6. The summed E-state index contributed by atoms with van der Waals surface area (Å²) in [5.41, 5.74) is 0. The Hall–Kier alpha value is -1.24. The van der Waals surface area contributed by atoms with Crippen molar-refractivity contribution in [3.63, 3.8) is 0 Å². The van der Waals surface area contributed by atoms with Crippen LogP contribution in [0, 0.1) is 6.20 Å². The highest BCUT2D eigenvalue weighted by Gasteiger charge is 2.19. The normalized spacial score (nSPS) is 22.1. The predicted octanol–water partition coefficient (Wildman–Crippen LogP) is -0.269. The molecule has 2 aliphatic heterocycles. The van der Waals surface area contributed by atoms with E-state index in [-0.39, 0.29) is 0 Å². The molecule has 0 spiro atoms. The lowest BCUT2D eigenvalue weighted by Gasteiger charge is -2.36. The van der Waals surface area contributed by atoms with Gasteiger partial charge in [-0.1, -0.05) is 0 Å². The second-order valence-corrected chi connectivity index (χ2v) is 5.27. The van der Waals surface area contributed by atoms with Crippen molar-refractivity contribution in [2.24, 2.45) is 0 Å². The van der Waals surface area contributed by atoms with E-state index >= 15 is 0 Å². The summed E-state index contributed by atoms with van der Waals surface area (Å²) in [4.78, 5) is 15.7. The summed E-state index contributed by atoms with van der Waals surface area (Å²) in [5, 5.41) is 0. The molecule has 0 amide bonds. The van der Waals surface area contributed by atoms with Crippen molar-refractivity contribution >= 4 is 5.95 Å². The zero-order valence-corrected chi connectivity index (χ0v) is 11.9. The second-order valence-electron chi connectivity index (χ2n) is 5.27. The van der Waals surface area contributed by atoms with Gasteiger partial charge in [0.15, 0.2) is 0 Å². The number of hydrogen-bond donors (Lipinski definition) is 0. The van der Waals surface area contributed by atoms with Crippen LogP contribution >= 0.6 is 0 Å². The third-order valence-electron chi connectivity index (χ3n) is 3.99. The Labute approximate surface area is 120 Å². The summed E-state index contributed by atoms with van der Waals surface area (Å²) in [7, 11) is 0. The fourth-order valence-corrected chi connectivity index (χ4v) is 2.69. The molecular weight excluding hydrogens is 254 g/mol. The van der Waals surface area contributed by atoms with Crippen LogP contribution in [0.15, 0.2) is 12.3 Å². The van der Waals surface area contributed by atoms with Crippen molar-refractivity contribution in [3.05, 3.63) is 18.5 Å². The van der Waals surface area contributed by atoms with Gasteiger partial charge in [0.05, 0.1) is 19.4 Å². The summed E-state index contributed by atoms with van der Waals surface area (Å²) >= 11 is 0. The average molecular weight is 276 g/mol. The molecule has 2 fully saturated rings. The van der Waals surface area contributed by atoms with Crippen LogP contribution in [-0.4, -0.2) is 85.3 Å². The molecule has 6 heteroatoms. The molecule has 1 aromatic heterocycles. The molecule has 2 saturated heterocycles. The molecule has 0 unspecified atom stereocenters. The molecule has 0 bridgehead atoms. The van der Waals surface area contributed by atoms with E-state index < -0.39 is 0 Å². The number of ether oxygens (including phenoxy) is 1. The number of nitrogens with zero attached hydrogens (tertiary/aromatic N) is 5. The largest absolute Gasteiger partial charge is 0.379 e. The summed E-state index contributed by atoms with van der Waals surface area (Å²) in [6.45, 7) is 10.4. The lowest BCUT2D eigenvalue weighted by molar-refractivity contribution is 0.0331. The Morgan fingerprint density at radius 2 is 1.70 bits per heavy atom. The van der Waals surface area contributed by atoms with Crippen molar-refractivity contribution in [3.8, 4) is 0 Å². The van der Waals surface area contributed by atoms with E-state index in [1.54, 1.807) is 12.3 Å². The van der Waals surface area contributed by atoms with Crippen LogP contribution in [0.5, 0.6) is 0 Å². The smallest absolute Gasteiger partial charge is 0.225 e. The van der Waals surface area contributed by atoms with E-state index in [0.29, 0.717) is 0 Å². The highest BCUT2D eigenvalue weighted by molar-refractivity contribution is 5.28. The Bertz CT molecular complexity index is 388. The molecule has 0 aliphatic carbocycles. The van der Waals surface area contributed by atoms with E-state index in [2.05, 4.69) is 30.9 Å². The van der Waals surface area contributed by atoms with Gasteiger partial charge < -0.3 is 9.64 Å². The van der Waals surface area contributed by atoms with E-state index in [9.17, 15) is 0 Å². The number of aromatic nitrogens is 2. The van der Waals surface area contributed by atoms with E-state index in [4.69, 9.17) is 4.74 Å². The number of piperazine rings is 1. The van der Waals surface area contributed by atoms with Gasteiger partial charge in [0, 0.05) is 58.6 Å². The Kier molecular flexibility index (Phi) is 4.78. The SMILES string of the molecule is [c]1ccnc(N2CCN(CCN3CCOCC3)CC2)n1. The van der Waals surface area contributed by atoms with Crippen molar-refractivity contribution < 1.29 is 4.74 Å². The molecule has 0 N–H and O–H groups in total. The van der Waals surface area contributed by atoms with E-state index in [1.165, 1.54) is 0 Å². The number of anilines is 1. The third kappa shape index (κ3) is 3.65. The van der Waals surface area contributed by atoms with Crippen molar-refractivity contribution in [2.45, 2.75) is 0 Å². The van der Waals surface area contributed by atoms with E-state index in [0.717, 1.165) is 71.5 Å². The van der Waals surface area contributed by atoms with Gasteiger partial charge in [-0.2, -0.15) is 0 Å². The Balaban J connectivity index is 1.40. The van der Waals surface area contributed by atoms with Crippen molar-refractivity contribution in [2.75, 3.05) is 70.5 Å². The van der Waals surface area contributed by atoms with Gasteiger partial charge in [-0.25, -0.2) is 9.97 Å². The lowest BCUT2D eigenvalue weighted by Crippen LogP contribution is -2.49. The first-order chi connectivity index (χ1) is 9.92. The summed E-state index contributed by atoms with van der Waals surface area (Å²) in [5.74, 6) is 0.806. The van der Waals surface area contributed by atoms with Crippen LogP contribution < -0.4 is 4.90 Å². The quantitative estimate of drug-likeness (QED) is 0.754. The zero-order chi connectivity index (χ0) is 13.6. The molecule has 2 aliphatic rings. The highest BCUT2D eigenvalue weighted by atomic mass is 16.5. The first-order valence-electron chi connectivity index (χ1n) is 7.38. The molecule has 1 radical (unpaired) electrons. The maximum Gasteiger partial charge on any atom is 0.225 e. The van der Waals surface area contributed by atoms with Crippen molar-refractivity contribution in [1.82, 2.24) is 19.8 Å². The molecule has 0 aromatic carbocycles. The van der Waals surface area contributed by atoms with E-state index in [1.807, 2.05) is 0 Å². The van der Waals surface area contributed by atoms with Crippen LogP contribution in [0.3, 0.4) is 0 Å². The minimum absolute atomic E-state index is 0.806. The second kappa shape index (κ2) is 6.97. The van der Waals surface area contributed by atoms with Crippen LogP contribution in [-0.2, 0) is 4.74 Å². The zero-order valence-electron chi connectivity index (χ0n) is 11.9. The first-order valence-corrected chi connectivity index (χ1v) is 7.38. The molecule has 3 rings (SSSR count). The number of rotatable bonds is 4.